The van der Waals surface area contributed by atoms with Crippen LogP contribution in [0.15, 0.2) is 73.1 Å². The van der Waals surface area contributed by atoms with E-state index in [0.717, 1.165) is 54.5 Å². The standard InChI is InChI=1S/C30H32N6.4ClH/c1-2-8-21(9-3-1)25-18-23(28-20-34-30(36-28)27-13-7-17-32-27)15-14-22(25)10-4-5-11-24-19-33-29(35-24)26-12-6-16-31-26;;;;/h1-5,8-11,14-15,18-20,26-27,31-32H,6-7,12-13,16-17H2,(H,33,35)(H,34,36);4*1H/t26-,27-;;;;/m0..../s1. The molecule has 40 heavy (non-hydrogen) atoms. The third-order valence-electron chi connectivity index (χ3n) is 7.10. The number of hydrogen-bond acceptors (Lipinski definition) is 4. The average molecular weight is 622 g/mol. The summed E-state index contributed by atoms with van der Waals surface area (Å²) in [6.45, 7) is 2.13. The van der Waals surface area contributed by atoms with Crippen molar-refractivity contribution in [1.82, 2.24) is 30.6 Å². The van der Waals surface area contributed by atoms with Gasteiger partial charge in [0.25, 0.3) is 0 Å². The summed E-state index contributed by atoms with van der Waals surface area (Å²) in [5.74, 6) is 2.06. The summed E-state index contributed by atoms with van der Waals surface area (Å²) in [7, 11) is 0. The van der Waals surface area contributed by atoms with Crippen molar-refractivity contribution in [2.45, 2.75) is 37.8 Å². The van der Waals surface area contributed by atoms with Crippen LogP contribution in [-0.2, 0) is 0 Å². The Morgan fingerprint density at radius 3 is 2.00 bits per heavy atom. The fourth-order valence-electron chi connectivity index (χ4n) is 5.16. The van der Waals surface area contributed by atoms with Gasteiger partial charge in [-0.15, -0.1) is 49.6 Å². The Hall–Kier alpha value is -2.58. The fraction of sp³-hybridized carbons (Fsp3) is 0.267. The molecule has 6 nitrogen and oxygen atoms in total. The molecule has 0 amide bonds. The molecule has 0 bridgehead atoms. The number of aromatic nitrogens is 4. The van der Waals surface area contributed by atoms with Crippen molar-refractivity contribution in [1.29, 1.82) is 0 Å². The van der Waals surface area contributed by atoms with Crippen molar-refractivity contribution in [3.63, 3.8) is 0 Å². The van der Waals surface area contributed by atoms with Crippen molar-refractivity contribution in [2.24, 2.45) is 0 Å². The number of nitrogens with zero attached hydrogens (tertiary/aromatic N) is 2. The minimum absolute atomic E-state index is 0. The van der Waals surface area contributed by atoms with Gasteiger partial charge in [-0.25, -0.2) is 9.97 Å². The summed E-state index contributed by atoms with van der Waals surface area (Å²) in [5.41, 5.74) is 6.79. The second kappa shape index (κ2) is 16.0. The predicted octanol–water partition coefficient (Wildman–Crippen LogP) is 7.73. The largest absolute Gasteiger partial charge is 0.341 e. The number of H-pyrrole nitrogens is 2. The first-order valence-electron chi connectivity index (χ1n) is 12.9. The van der Waals surface area contributed by atoms with E-state index in [0.29, 0.717) is 12.1 Å². The van der Waals surface area contributed by atoms with E-state index in [4.69, 9.17) is 0 Å². The Bertz CT molecular complexity index is 1370. The number of nitrogens with one attached hydrogen (secondary N) is 4. The fourth-order valence-corrected chi connectivity index (χ4v) is 5.16. The van der Waals surface area contributed by atoms with Crippen LogP contribution in [0.1, 0.15) is 60.7 Å². The number of allylic oxidation sites excluding steroid dienone is 2. The summed E-state index contributed by atoms with van der Waals surface area (Å²) in [6.07, 6.45) is 17.0. The number of halogens is 4. The van der Waals surface area contributed by atoms with Crippen LogP contribution in [0.2, 0.25) is 0 Å². The molecule has 0 unspecified atom stereocenters. The minimum atomic E-state index is 0. The molecule has 0 aliphatic carbocycles. The topological polar surface area (TPSA) is 81.4 Å². The SMILES string of the molecule is C(C=Cc1ccc(-c2cnc([C@@H]3CCCN3)[nH]2)cc1-c1ccccc1)=Cc1cnc([C@@H]2CCCN2)[nH]1.Cl.Cl.Cl.Cl. The molecule has 2 aromatic carbocycles. The molecule has 4 aromatic rings. The van der Waals surface area contributed by atoms with Gasteiger partial charge in [0.15, 0.2) is 0 Å². The highest BCUT2D eigenvalue weighted by Gasteiger charge is 2.20. The van der Waals surface area contributed by atoms with Gasteiger partial charge in [-0.1, -0.05) is 60.7 Å². The normalized spacial score (nSPS) is 18.2. The lowest BCUT2D eigenvalue weighted by Gasteiger charge is -2.10. The van der Waals surface area contributed by atoms with Crippen LogP contribution in [0.25, 0.3) is 34.5 Å². The van der Waals surface area contributed by atoms with Crippen LogP contribution in [0.5, 0.6) is 0 Å². The third kappa shape index (κ3) is 7.78. The van der Waals surface area contributed by atoms with Crippen molar-refractivity contribution < 1.29 is 0 Å². The average Bonchev–Trinajstić information content (AvgIpc) is 3.74. The van der Waals surface area contributed by atoms with E-state index in [2.05, 4.69) is 103 Å². The highest BCUT2D eigenvalue weighted by Crippen LogP contribution is 2.31. The maximum Gasteiger partial charge on any atom is 0.123 e. The molecule has 6 rings (SSSR count). The molecule has 2 atom stereocenters. The molecular formula is C30H36Cl4N6. The zero-order valence-electron chi connectivity index (χ0n) is 22.0. The monoisotopic (exact) mass is 620 g/mol. The Morgan fingerprint density at radius 2 is 1.32 bits per heavy atom. The van der Waals surface area contributed by atoms with Crippen molar-refractivity contribution in [3.05, 3.63) is 96.0 Å². The summed E-state index contributed by atoms with van der Waals surface area (Å²) in [6, 6.07) is 17.9. The lowest BCUT2D eigenvalue weighted by Crippen LogP contribution is -2.14. The van der Waals surface area contributed by atoms with Gasteiger partial charge in [0.1, 0.15) is 11.6 Å². The Morgan fingerprint density at radius 1 is 0.675 bits per heavy atom. The van der Waals surface area contributed by atoms with E-state index in [1.54, 1.807) is 0 Å². The Labute approximate surface area is 260 Å². The van der Waals surface area contributed by atoms with Crippen molar-refractivity contribution >= 4 is 61.8 Å². The van der Waals surface area contributed by atoms with Gasteiger partial charge in [0, 0.05) is 5.56 Å². The predicted molar refractivity (Wildman–Crippen MR) is 175 cm³/mol. The van der Waals surface area contributed by atoms with Crippen LogP contribution in [0, 0.1) is 0 Å². The lowest BCUT2D eigenvalue weighted by molar-refractivity contribution is 0.612. The van der Waals surface area contributed by atoms with Gasteiger partial charge in [-0.3, -0.25) is 0 Å². The summed E-state index contributed by atoms with van der Waals surface area (Å²) >= 11 is 0. The van der Waals surface area contributed by atoms with Crippen LogP contribution in [0.4, 0.5) is 0 Å². The zero-order chi connectivity index (χ0) is 24.2. The second-order valence-corrected chi connectivity index (χ2v) is 9.59. The number of aromatic amines is 2. The maximum absolute atomic E-state index is 4.66. The summed E-state index contributed by atoms with van der Waals surface area (Å²) in [4.78, 5) is 16.2. The van der Waals surface area contributed by atoms with Gasteiger partial charge in [0.05, 0.1) is 35.9 Å². The first-order chi connectivity index (χ1) is 17.8. The van der Waals surface area contributed by atoms with E-state index in [1.807, 2.05) is 12.4 Å². The zero-order valence-corrected chi connectivity index (χ0v) is 25.3. The van der Waals surface area contributed by atoms with Gasteiger partial charge in [0.2, 0.25) is 0 Å². The van der Waals surface area contributed by atoms with E-state index in [1.165, 1.54) is 29.5 Å². The van der Waals surface area contributed by atoms with E-state index in [-0.39, 0.29) is 49.6 Å². The van der Waals surface area contributed by atoms with Crippen molar-refractivity contribution in [3.8, 4) is 22.4 Å². The highest BCUT2D eigenvalue weighted by molar-refractivity contribution is 5.86. The van der Waals surface area contributed by atoms with Gasteiger partial charge in [-0.2, -0.15) is 0 Å². The number of imidazole rings is 2. The van der Waals surface area contributed by atoms with Gasteiger partial charge >= 0.3 is 0 Å². The number of hydrogen-bond donors (Lipinski definition) is 4. The molecule has 214 valence electrons. The molecule has 2 saturated heterocycles. The van der Waals surface area contributed by atoms with Crippen molar-refractivity contribution in [2.75, 3.05) is 13.1 Å². The van der Waals surface area contributed by atoms with Gasteiger partial charge in [-0.05, 0) is 67.6 Å². The molecule has 0 spiro atoms. The molecule has 0 radical (unpaired) electrons. The molecule has 2 aliphatic heterocycles. The van der Waals surface area contributed by atoms with Gasteiger partial charge < -0.3 is 20.6 Å². The Balaban J connectivity index is 0.00000140. The summed E-state index contributed by atoms with van der Waals surface area (Å²) < 4.78 is 0. The summed E-state index contributed by atoms with van der Waals surface area (Å²) in [5, 5.41) is 7.01. The lowest BCUT2D eigenvalue weighted by atomic mass is 9.96. The molecular weight excluding hydrogens is 586 g/mol. The van der Waals surface area contributed by atoms with E-state index >= 15 is 0 Å². The van der Waals surface area contributed by atoms with E-state index < -0.39 is 0 Å². The molecule has 2 aliphatic rings. The first kappa shape index (κ1) is 33.6. The second-order valence-electron chi connectivity index (χ2n) is 9.59. The molecule has 0 saturated carbocycles. The highest BCUT2D eigenvalue weighted by atomic mass is 35.5. The van der Waals surface area contributed by atoms with Crippen LogP contribution >= 0.6 is 49.6 Å². The minimum Gasteiger partial charge on any atom is -0.341 e. The number of rotatable bonds is 7. The number of benzene rings is 2. The smallest absolute Gasteiger partial charge is 0.123 e. The first-order valence-corrected chi connectivity index (χ1v) is 12.9. The maximum atomic E-state index is 4.66. The van der Waals surface area contributed by atoms with E-state index in [9.17, 15) is 0 Å². The van der Waals surface area contributed by atoms with Crippen LogP contribution in [0.3, 0.4) is 0 Å². The Kier molecular flexibility index (Phi) is 13.5. The third-order valence-corrected chi connectivity index (χ3v) is 7.10. The quantitative estimate of drug-likeness (QED) is 0.159. The molecule has 2 fully saturated rings. The van der Waals surface area contributed by atoms with Crippen LogP contribution in [-0.4, -0.2) is 33.0 Å². The van der Waals surface area contributed by atoms with Crippen LogP contribution < -0.4 is 10.6 Å². The molecule has 4 N–H and O–H groups in total. The molecule has 2 aromatic heterocycles. The molecule has 10 heteroatoms. The molecule has 4 heterocycles.